The summed E-state index contributed by atoms with van der Waals surface area (Å²) < 4.78 is 6.75. The molecule has 0 aliphatic carbocycles. The van der Waals surface area contributed by atoms with Crippen LogP contribution in [0.3, 0.4) is 0 Å². The number of aromatic nitrogens is 3. The van der Waals surface area contributed by atoms with Crippen molar-refractivity contribution in [1.82, 2.24) is 19.0 Å². The van der Waals surface area contributed by atoms with Crippen LogP contribution in [0.5, 0.6) is 0 Å². The first-order valence-electron chi connectivity index (χ1n) is 22.1. The highest BCUT2D eigenvalue weighted by atomic mass is 16.2. The van der Waals surface area contributed by atoms with Gasteiger partial charge in [0.1, 0.15) is 0 Å². The van der Waals surface area contributed by atoms with Crippen molar-refractivity contribution in [2.45, 2.75) is 0 Å². The Bertz CT molecular complexity index is 4080. The van der Waals surface area contributed by atoms with E-state index in [1.807, 2.05) is 54.6 Å². The summed E-state index contributed by atoms with van der Waals surface area (Å²) in [5, 5.41) is 8.76. The summed E-state index contributed by atoms with van der Waals surface area (Å²) in [6, 6.07) is 64.4. The predicted octanol–water partition coefficient (Wildman–Crippen LogP) is 12.3. The maximum Gasteiger partial charge on any atom is 0.266 e. The molecular weight excluding hydrogens is 831 g/mol. The number of hydrogen-bond donors (Lipinski definition) is 1. The van der Waals surface area contributed by atoms with Crippen molar-refractivity contribution in [3.8, 4) is 28.2 Å². The molecule has 0 atom stereocenters. The van der Waals surface area contributed by atoms with E-state index < -0.39 is 23.6 Å². The Labute approximate surface area is 380 Å². The summed E-state index contributed by atoms with van der Waals surface area (Å²) in [7, 11) is 0. The minimum atomic E-state index is -0.476. The van der Waals surface area contributed by atoms with Gasteiger partial charge in [0.15, 0.2) is 0 Å². The summed E-state index contributed by atoms with van der Waals surface area (Å²) in [5.74, 6) is -1.84. The van der Waals surface area contributed by atoms with E-state index in [9.17, 15) is 9.59 Å². The average Bonchev–Trinajstić information content (AvgIpc) is 4.14. The lowest BCUT2D eigenvalue weighted by molar-refractivity contribution is 0.0874. The Morgan fingerprint density at radius 3 is 1.01 bits per heavy atom. The number of para-hydroxylation sites is 6. The van der Waals surface area contributed by atoms with E-state index in [2.05, 4.69) is 122 Å². The number of hydrogen-bond acceptors (Lipinski definition) is 4. The van der Waals surface area contributed by atoms with Crippen LogP contribution in [0.15, 0.2) is 194 Å². The van der Waals surface area contributed by atoms with Crippen LogP contribution in [0, 0.1) is 0 Å². The molecule has 2 aliphatic rings. The number of benzene rings is 9. The first-order chi connectivity index (χ1) is 32.9. The van der Waals surface area contributed by atoms with Gasteiger partial charge in [-0.2, -0.15) is 0 Å². The van der Waals surface area contributed by atoms with Crippen LogP contribution in [-0.4, -0.2) is 37.3 Å². The van der Waals surface area contributed by atoms with Crippen LogP contribution in [0.4, 0.5) is 5.69 Å². The Morgan fingerprint density at radius 1 is 0.284 bits per heavy atom. The maximum absolute atomic E-state index is 15.4. The third-order valence-electron chi connectivity index (χ3n) is 13.7. The molecule has 0 unspecified atom stereocenters. The van der Waals surface area contributed by atoms with Crippen LogP contribution in [0.1, 0.15) is 41.4 Å². The van der Waals surface area contributed by atoms with E-state index >= 15 is 9.59 Å². The second-order valence-corrected chi connectivity index (χ2v) is 17.2. The van der Waals surface area contributed by atoms with E-state index in [1.54, 1.807) is 36.4 Å². The van der Waals surface area contributed by atoms with Crippen molar-refractivity contribution in [2.75, 3.05) is 4.90 Å². The molecular formula is C58H33N5O4. The number of nitrogens with zero attached hydrogens (tertiary/aromatic N) is 4. The quantitative estimate of drug-likeness (QED) is 0.174. The zero-order valence-electron chi connectivity index (χ0n) is 35.4. The van der Waals surface area contributed by atoms with Crippen molar-refractivity contribution < 1.29 is 19.2 Å². The SMILES string of the molecule is O=C1NC(=O)c2cc(-c3ccc4c(c3)C(=O)N(c3cc(-n5c6ccccc6c6ccccc65)c(-n5c6ccccc6c6ccccc65)cc3-n3c5ccccc5c5ccccc53)C4=O)ccc21. The molecule has 2 aliphatic heterocycles. The molecule has 3 aromatic heterocycles. The zero-order chi connectivity index (χ0) is 44.7. The van der Waals surface area contributed by atoms with Gasteiger partial charge in [-0.25, -0.2) is 4.90 Å². The van der Waals surface area contributed by atoms with Gasteiger partial charge in [-0.3, -0.25) is 24.5 Å². The first kappa shape index (κ1) is 37.1. The largest absolute Gasteiger partial charge is 0.307 e. The Morgan fingerprint density at radius 2 is 0.597 bits per heavy atom. The number of imide groups is 2. The topological polar surface area (TPSA) is 98.3 Å². The highest BCUT2D eigenvalue weighted by Gasteiger charge is 2.40. The van der Waals surface area contributed by atoms with Gasteiger partial charge in [-0.05, 0) is 83.9 Å². The van der Waals surface area contributed by atoms with Crippen molar-refractivity contribution in [3.05, 3.63) is 216 Å². The molecule has 0 saturated heterocycles. The minimum Gasteiger partial charge on any atom is -0.307 e. The lowest BCUT2D eigenvalue weighted by atomic mass is 9.97. The van der Waals surface area contributed by atoms with Crippen molar-refractivity contribution in [2.24, 2.45) is 0 Å². The third-order valence-corrected chi connectivity index (χ3v) is 13.7. The third kappa shape index (κ3) is 5.07. The van der Waals surface area contributed by atoms with Gasteiger partial charge in [-0.1, -0.05) is 121 Å². The van der Waals surface area contributed by atoms with Crippen LogP contribution in [0.25, 0.3) is 93.6 Å². The molecule has 9 nitrogen and oxygen atoms in total. The molecule has 4 amide bonds. The van der Waals surface area contributed by atoms with Gasteiger partial charge >= 0.3 is 0 Å². The zero-order valence-corrected chi connectivity index (χ0v) is 35.4. The monoisotopic (exact) mass is 863 g/mol. The molecule has 0 saturated carbocycles. The van der Waals surface area contributed by atoms with Gasteiger partial charge in [0, 0.05) is 32.3 Å². The highest BCUT2D eigenvalue weighted by Crippen LogP contribution is 2.45. The summed E-state index contributed by atoms with van der Waals surface area (Å²) >= 11 is 0. The van der Waals surface area contributed by atoms with Gasteiger partial charge < -0.3 is 13.7 Å². The van der Waals surface area contributed by atoms with Crippen molar-refractivity contribution in [1.29, 1.82) is 0 Å². The smallest absolute Gasteiger partial charge is 0.266 e. The second kappa shape index (κ2) is 13.6. The number of fused-ring (bicyclic) bond motifs is 11. The van der Waals surface area contributed by atoms with Gasteiger partial charge in [0.05, 0.1) is 78.1 Å². The molecule has 12 aromatic rings. The molecule has 1 N–H and O–H groups in total. The number of anilines is 1. The molecule has 0 bridgehead atoms. The van der Waals surface area contributed by atoms with Gasteiger partial charge in [0.2, 0.25) is 0 Å². The molecule has 9 aromatic carbocycles. The number of rotatable bonds is 5. The van der Waals surface area contributed by atoms with Crippen LogP contribution in [-0.2, 0) is 0 Å². The molecule has 0 spiro atoms. The van der Waals surface area contributed by atoms with E-state index in [0.29, 0.717) is 28.1 Å². The predicted molar refractivity (Wildman–Crippen MR) is 264 cm³/mol. The number of carbonyl (C=O) groups is 4. The molecule has 314 valence electrons. The Balaban J connectivity index is 1.10. The summed E-state index contributed by atoms with van der Waals surface area (Å²) in [6.07, 6.45) is 0. The number of nitrogens with one attached hydrogen (secondary N) is 1. The summed E-state index contributed by atoms with van der Waals surface area (Å²) in [5.41, 5.74) is 10.8. The lowest BCUT2D eigenvalue weighted by Crippen LogP contribution is -2.31. The van der Waals surface area contributed by atoms with Crippen molar-refractivity contribution in [3.63, 3.8) is 0 Å². The minimum absolute atomic E-state index is 0.238. The van der Waals surface area contributed by atoms with Crippen molar-refractivity contribution >= 4 is 94.7 Å². The van der Waals surface area contributed by atoms with E-state index in [1.165, 1.54) is 4.90 Å². The first-order valence-corrected chi connectivity index (χ1v) is 22.1. The second-order valence-electron chi connectivity index (χ2n) is 17.2. The Kier molecular flexibility index (Phi) is 7.52. The fraction of sp³-hybridized carbons (Fsp3) is 0. The van der Waals surface area contributed by atoms with E-state index in [0.717, 1.165) is 76.8 Å². The maximum atomic E-state index is 15.4. The summed E-state index contributed by atoms with van der Waals surface area (Å²) in [4.78, 5) is 57.0. The van der Waals surface area contributed by atoms with Crippen LogP contribution >= 0.6 is 0 Å². The van der Waals surface area contributed by atoms with Gasteiger partial charge in [0.25, 0.3) is 23.6 Å². The summed E-state index contributed by atoms with van der Waals surface area (Å²) in [6.45, 7) is 0. The van der Waals surface area contributed by atoms with E-state index in [-0.39, 0.29) is 16.7 Å². The standard InChI is InChI=1S/C58H33N5O4/c64-55-41-27-25-33(29-43(41)56(65)59-55)34-26-28-42-44(30-34)58(67)63(57(42)66)54-32-52(61-47-21-9-3-15-37(47)38-16-4-10-22-48(38)61)51(60-45-19-7-1-13-35(45)36-14-2-8-20-46(36)60)31-53(54)62-49-23-11-5-17-39(49)40-18-6-12-24-50(40)62/h1-32H,(H,59,64,65). The Hall–Kier alpha value is -9.34. The average molecular weight is 864 g/mol. The molecule has 14 rings (SSSR count). The molecule has 5 heterocycles. The number of carbonyl (C=O) groups excluding carboxylic acids is 4. The lowest BCUT2D eigenvalue weighted by Gasteiger charge is -2.25. The highest BCUT2D eigenvalue weighted by molar-refractivity contribution is 6.35. The van der Waals surface area contributed by atoms with Gasteiger partial charge in [-0.15, -0.1) is 0 Å². The fourth-order valence-corrected chi connectivity index (χ4v) is 10.8. The molecule has 9 heteroatoms. The normalized spacial score (nSPS) is 13.6. The van der Waals surface area contributed by atoms with E-state index in [4.69, 9.17) is 0 Å². The molecule has 0 radical (unpaired) electrons. The van der Waals surface area contributed by atoms with Crippen LogP contribution < -0.4 is 10.2 Å². The number of amides is 4. The molecule has 0 fully saturated rings. The van der Waals surface area contributed by atoms with Crippen LogP contribution in [0.2, 0.25) is 0 Å². The fourth-order valence-electron chi connectivity index (χ4n) is 10.8. The molecule has 67 heavy (non-hydrogen) atoms.